The quantitative estimate of drug-likeness (QED) is 0.453. The number of fused-ring (bicyclic) bond motifs is 1. The Morgan fingerprint density at radius 1 is 1.00 bits per heavy atom. The molecule has 3 aromatic carbocycles. The van der Waals surface area contributed by atoms with E-state index in [1.165, 1.54) is 0 Å². The van der Waals surface area contributed by atoms with Crippen LogP contribution in [-0.2, 0) is 9.53 Å². The van der Waals surface area contributed by atoms with E-state index in [1.807, 2.05) is 61.5 Å². The predicted octanol–water partition coefficient (Wildman–Crippen LogP) is 4.48. The first-order valence-corrected chi connectivity index (χ1v) is 9.33. The second-order valence-electron chi connectivity index (χ2n) is 5.91. The number of esters is 1. The van der Waals surface area contributed by atoms with E-state index in [9.17, 15) is 9.59 Å². The van der Waals surface area contributed by atoms with Crippen molar-refractivity contribution in [3.8, 4) is 0 Å². The maximum absolute atomic E-state index is 12.2. The maximum atomic E-state index is 12.2. The van der Waals surface area contributed by atoms with Crippen molar-refractivity contribution >= 4 is 45.2 Å². The van der Waals surface area contributed by atoms with Crippen molar-refractivity contribution in [2.75, 3.05) is 6.61 Å². The molecule has 1 atom stereocenters. The van der Waals surface area contributed by atoms with Gasteiger partial charge in [0.25, 0.3) is 5.91 Å². The summed E-state index contributed by atoms with van der Waals surface area (Å²) in [5.41, 5.74) is 1.49. The molecule has 3 rings (SSSR count). The molecule has 5 heteroatoms. The van der Waals surface area contributed by atoms with E-state index >= 15 is 0 Å². The SMILES string of the molecule is CC(NC(=O)COC(=O)c1ccccc1I)c1cccc2ccccc12. The van der Waals surface area contributed by atoms with Crippen molar-refractivity contribution in [1.82, 2.24) is 5.32 Å². The van der Waals surface area contributed by atoms with Gasteiger partial charge in [0.2, 0.25) is 0 Å². The molecule has 26 heavy (non-hydrogen) atoms. The number of hydrogen-bond donors (Lipinski definition) is 1. The number of rotatable bonds is 5. The van der Waals surface area contributed by atoms with Crippen LogP contribution in [0.5, 0.6) is 0 Å². The second kappa shape index (κ2) is 8.31. The molecule has 0 heterocycles. The monoisotopic (exact) mass is 459 g/mol. The number of benzene rings is 3. The Bertz CT molecular complexity index is 949. The van der Waals surface area contributed by atoms with Crippen LogP contribution in [0.3, 0.4) is 0 Å². The van der Waals surface area contributed by atoms with Crippen LogP contribution in [-0.4, -0.2) is 18.5 Å². The lowest BCUT2D eigenvalue weighted by atomic mass is 10.00. The third-order valence-corrected chi connectivity index (χ3v) is 5.04. The van der Waals surface area contributed by atoms with Crippen molar-refractivity contribution in [2.24, 2.45) is 0 Å². The highest BCUT2D eigenvalue weighted by Crippen LogP contribution is 2.24. The molecule has 4 nitrogen and oxygen atoms in total. The molecule has 0 bridgehead atoms. The molecule has 1 unspecified atom stereocenters. The van der Waals surface area contributed by atoms with Crippen LogP contribution < -0.4 is 5.32 Å². The Morgan fingerprint density at radius 3 is 2.50 bits per heavy atom. The molecule has 0 aliphatic rings. The molecule has 0 aliphatic carbocycles. The Labute approximate surface area is 165 Å². The second-order valence-corrected chi connectivity index (χ2v) is 7.08. The van der Waals surface area contributed by atoms with Gasteiger partial charge >= 0.3 is 5.97 Å². The number of ether oxygens (including phenoxy) is 1. The van der Waals surface area contributed by atoms with Crippen LogP contribution in [0.15, 0.2) is 66.7 Å². The van der Waals surface area contributed by atoms with Gasteiger partial charge in [-0.25, -0.2) is 4.79 Å². The Hall–Kier alpha value is -2.41. The van der Waals surface area contributed by atoms with E-state index in [-0.39, 0.29) is 18.6 Å². The summed E-state index contributed by atoms with van der Waals surface area (Å²) < 4.78 is 5.93. The maximum Gasteiger partial charge on any atom is 0.339 e. The first kappa shape index (κ1) is 18.4. The molecular formula is C21H18INO3. The number of nitrogens with one attached hydrogen (secondary N) is 1. The number of halogens is 1. The molecule has 0 radical (unpaired) electrons. The zero-order valence-electron chi connectivity index (χ0n) is 14.2. The molecule has 0 aromatic heterocycles. The van der Waals surface area contributed by atoms with E-state index in [0.29, 0.717) is 5.56 Å². The highest BCUT2D eigenvalue weighted by atomic mass is 127. The molecule has 1 amide bonds. The summed E-state index contributed by atoms with van der Waals surface area (Å²) in [6.07, 6.45) is 0. The summed E-state index contributed by atoms with van der Waals surface area (Å²) in [7, 11) is 0. The average Bonchev–Trinajstić information content (AvgIpc) is 2.66. The van der Waals surface area contributed by atoms with Gasteiger partial charge < -0.3 is 10.1 Å². The van der Waals surface area contributed by atoms with Crippen molar-refractivity contribution in [3.05, 3.63) is 81.4 Å². The lowest BCUT2D eigenvalue weighted by molar-refractivity contribution is -0.124. The van der Waals surface area contributed by atoms with Gasteiger partial charge in [-0.15, -0.1) is 0 Å². The van der Waals surface area contributed by atoms with E-state index < -0.39 is 5.97 Å². The van der Waals surface area contributed by atoms with Gasteiger partial charge in [-0.2, -0.15) is 0 Å². The standard InChI is InChI=1S/C21H18INO3/c1-14(16-11-6-8-15-7-2-3-9-17(15)16)23-20(24)13-26-21(25)18-10-4-5-12-19(18)22/h2-12,14H,13H2,1H3,(H,23,24). The molecule has 1 N–H and O–H groups in total. The smallest absolute Gasteiger partial charge is 0.339 e. The molecule has 0 fully saturated rings. The molecule has 0 aliphatic heterocycles. The van der Waals surface area contributed by atoms with E-state index in [1.54, 1.807) is 12.1 Å². The summed E-state index contributed by atoms with van der Waals surface area (Å²) >= 11 is 2.07. The minimum Gasteiger partial charge on any atom is -0.452 e. The molecule has 0 saturated heterocycles. The van der Waals surface area contributed by atoms with Crippen LogP contribution in [0.2, 0.25) is 0 Å². The van der Waals surface area contributed by atoms with Crippen LogP contribution in [0, 0.1) is 3.57 Å². The Morgan fingerprint density at radius 2 is 1.69 bits per heavy atom. The number of hydrogen-bond acceptors (Lipinski definition) is 3. The van der Waals surface area contributed by atoms with Gasteiger partial charge in [0.05, 0.1) is 11.6 Å². The summed E-state index contributed by atoms with van der Waals surface area (Å²) in [4.78, 5) is 24.3. The van der Waals surface area contributed by atoms with Gasteiger partial charge in [0.1, 0.15) is 0 Å². The fourth-order valence-corrected chi connectivity index (χ4v) is 3.43. The largest absolute Gasteiger partial charge is 0.452 e. The van der Waals surface area contributed by atoms with Crippen molar-refractivity contribution in [2.45, 2.75) is 13.0 Å². The van der Waals surface area contributed by atoms with Crippen molar-refractivity contribution in [3.63, 3.8) is 0 Å². The minimum atomic E-state index is -0.497. The highest BCUT2D eigenvalue weighted by molar-refractivity contribution is 14.1. The number of amides is 1. The third kappa shape index (κ3) is 4.22. The lowest BCUT2D eigenvalue weighted by Gasteiger charge is -2.16. The first-order valence-electron chi connectivity index (χ1n) is 8.25. The van der Waals surface area contributed by atoms with Gasteiger partial charge in [-0.1, -0.05) is 54.6 Å². The topological polar surface area (TPSA) is 55.4 Å². The summed E-state index contributed by atoms with van der Waals surface area (Å²) in [5, 5.41) is 5.11. The van der Waals surface area contributed by atoms with Crippen LogP contribution in [0.25, 0.3) is 10.8 Å². The highest BCUT2D eigenvalue weighted by Gasteiger charge is 2.15. The lowest BCUT2D eigenvalue weighted by Crippen LogP contribution is -2.31. The van der Waals surface area contributed by atoms with Gasteiger partial charge in [-0.3, -0.25) is 4.79 Å². The number of carbonyl (C=O) groups is 2. The zero-order chi connectivity index (χ0) is 18.5. The normalized spacial score (nSPS) is 11.8. The third-order valence-electron chi connectivity index (χ3n) is 4.10. The molecule has 132 valence electrons. The fraction of sp³-hybridized carbons (Fsp3) is 0.143. The summed E-state index contributed by atoms with van der Waals surface area (Å²) in [6.45, 7) is 1.61. The zero-order valence-corrected chi connectivity index (χ0v) is 16.4. The molecule has 0 spiro atoms. The minimum absolute atomic E-state index is 0.191. The van der Waals surface area contributed by atoms with E-state index in [0.717, 1.165) is 19.9 Å². The van der Waals surface area contributed by atoms with Crippen LogP contribution in [0.1, 0.15) is 28.9 Å². The van der Waals surface area contributed by atoms with E-state index in [4.69, 9.17) is 4.74 Å². The van der Waals surface area contributed by atoms with Gasteiger partial charge in [0, 0.05) is 3.57 Å². The first-order chi connectivity index (χ1) is 12.6. The summed E-state index contributed by atoms with van der Waals surface area (Å²) in [6, 6.07) is 21.0. The molecule has 3 aromatic rings. The van der Waals surface area contributed by atoms with Gasteiger partial charge in [0.15, 0.2) is 6.61 Å². The Kier molecular flexibility index (Phi) is 5.88. The molecule has 0 saturated carbocycles. The number of carbonyl (C=O) groups excluding carboxylic acids is 2. The average molecular weight is 459 g/mol. The summed E-state index contributed by atoms with van der Waals surface area (Å²) in [5.74, 6) is -0.826. The van der Waals surface area contributed by atoms with Crippen LogP contribution in [0.4, 0.5) is 0 Å². The van der Waals surface area contributed by atoms with Crippen molar-refractivity contribution in [1.29, 1.82) is 0 Å². The van der Waals surface area contributed by atoms with Crippen LogP contribution >= 0.6 is 22.6 Å². The van der Waals surface area contributed by atoms with Gasteiger partial charge in [-0.05, 0) is 58.0 Å². The van der Waals surface area contributed by atoms with Crippen molar-refractivity contribution < 1.29 is 14.3 Å². The fourth-order valence-electron chi connectivity index (χ4n) is 2.82. The Balaban J connectivity index is 1.63. The predicted molar refractivity (Wildman–Crippen MR) is 110 cm³/mol. The van der Waals surface area contributed by atoms with E-state index in [2.05, 4.69) is 27.9 Å². The molecular weight excluding hydrogens is 441 g/mol.